The average Bonchev–Trinajstić information content (AvgIpc) is 2.65. The van der Waals surface area contributed by atoms with Crippen molar-refractivity contribution in [1.82, 2.24) is 9.78 Å². The molecule has 0 aliphatic rings. The number of hydrogen-bond donors (Lipinski definition) is 2. The fraction of sp³-hybridized carbons (Fsp3) is 0.286. The van der Waals surface area contributed by atoms with Gasteiger partial charge in [-0.1, -0.05) is 12.1 Å². The Morgan fingerprint density at radius 3 is 2.36 bits per heavy atom. The smallest absolute Gasteiger partial charge is 0.307 e. The lowest BCUT2D eigenvalue weighted by atomic mass is 10.1. The summed E-state index contributed by atoms with van der Waals surface area (Å²) in [6.07, 6.45) is -4.54. The van der Waals surface area contributed by atoms with Crippen molar-refractivity contribution in [2.45, 2.75) is 20.0 Å². The van der Waals surface area contributed by atoms with Crippen molar-refractivity contribution in [3.05, 3.63) is 41.1 Å². The molecule has 0 aliphatic heterocycles. The number of alkyl halides is 3. The molecule has 1 aromatic carbocycles. The zero-order valence-electron chi connectivity index (χ0n) is 12.2. The van der Waals surface area contributed by atoms with E-state index in [0.29, 0.717) is 5.82 Å². The Morgan fingerprint density at radius 2 is 1.82 bits per heavy atom. The molecule has 2 aromatic rings. The predicted octanol–water partition coefficient (Wildman–Crippen LogP) is 3.70. The van der Waals surface area contributed by atoms with Gasteiger partial charge in [0.15, 0.2) is 0 Å². The van der Waals surface area contributed by atoms with Gasteiger partial charge in [0.2, 0.25) is 0 Å². The highest BCUT2D eigenvalue weighted by Crippen LogP contribution is 2.34. The number of hydrogen-bond acceptors (Lipinski definition) is 2. The minimum Gasteiger partial charge on any atom is -0.307 e. The Bertz CT molecular complexity index is 707. The molecule has 2 N–H and O–H groups in total. The van der Waals surface area contributed by atoms with Crippen molar-refractivity contribution in [2.75, 3.05) is 10.6 Å². The van der Waals surface area contributed by atoms with Gasteiger partial charge >= 0.3 is 12.2 Å². The van der Waals surface area contributed by atoms with Crippen LogP contribution in [0.4, 0.5) is 29.5 Å². The minimum absolute atomic E-state index is 0.302. The molecule has 8 heteroatoms. The Labute approximate surface area is 125 Å². The van der Waals surface area contributed by atoms with E-state index in [4.69, 9.17) is 0 Å². The molecule has 1 aromatic heterocycles. The van der Waals surface area contributed by atoms with Crippen molar-refractivity contribution in [2.24, 2.45) is 7.05 Å². The lowest BCUT2D eigenvalue weighted by Gasteiger charge is -2.14. The van der Waals surface area contributed by atoms with Crippen LogP contribution in [0, 0.1) is 13.8 Å². The number of urea groups is 1. The lowest BCUT2D eigenvalue weighted by molar-refractivity contribution is -0.136. The molecule has 118 valence electrons. The van der Waals surface area contributed by atoms with E-state index >= 15 is 0 Å². The summed E-state index contributed by atoms with van der Waals surface area (Å²) in [4.78, 5) is 11.9. The van der Waals surface area contributed by atoms with Crippen LogP contribution in [0.1, 0.15) is 16.8 Å². The van der Waals surface area contributed by atoms with Gasteiger partial charge in [0.05, 0.1) is 16.9 Å². The first-order valence-electron chi connectivity index (χ1n) is 6.44. The number of rotatable bonds is 2. The van der Waals surface area contributed by atoms with E-state index in [1.165, 1.54) is 22.9 Å². The molecule has 0 fully saturated rings. The van der Waals surface area contributed by atoms with Crippen LogP contribution in [0.2, 0.25) is 0 Å². The number of anilines is 2. The molecule has 0 saturated carbocycles. The molecule has 0 saturated heterocycles. The highest BCUT2D eigenvalue weighted by Gasteiger charge is 2.33. The van der Waals surface area contributed by atoms with Gasteiger partial charge in [0.25, 0.3) is 0 Å². The molecule has 0 radical (unpaired) electrons. The highest BCUT2D eigenvalue weighted by molar-refractivity contribution is 6.00. The second-order valence-corrected chi connectivity index (χ2v) is 4.81. The topological polar surface area (TPSA) is 59.0 Å². The average molecular weight is 312 g/mol. The van der Waals surface area contributed by atoms with Crippen molar-refractivity contribution < 1.29 is 18.0 Å². The number of carbonyl (C=O) groups excluding carboxylic acids is 1. The van der Waals surface area contributed by atoms with Gasteiger partial charge in [0, 0.05) is 12.6 Å². The molecule has 2 rings (SSSR count). The van der Waals surface area contributed by atoms with Gasteiger partial charge in [-0.25, -0.2) is 4.79 Å². The van der Waals surface area contributed by atoms with Crippen molar-refractivity contribution >= 4 is 17.5 Å². The second-order valence-electron chi connectivity index (χ2n) is 4.81. The molecule has 1 heterocycles. The number of nitrogens with zero attached hydrogens (tertiary/aromatic N) is 2. The quantitative estimate of drug-likeness (QED) is 0.888. The van der Waals surface area contributed by atoms with Crippen molar-refractivity contribution in [3.8, 4) is 0 Å². The first-order valence-corrected chi connectivity index (χ1v) is 6.44. The Balaban J connectivity index is 2.20. The Morgan fingerprint density at radius 1 is 1.18 bits per heavy atom. The van der Waals surface area contributed by atoms with Gasteiger partial charge in [-0.15, -0.1) is 0 Å². The maximum atomic E-state index is 12.9. The van der Waals surface area contributed by atoms with E-state index in [2.05, 4.69) is 15.7 Å². The summed E-state index contributed by atoms with van der Waals surface area (Å²) in [6.45, 7) is 3.54. The molecule has 0 atom stereocenters. The summed E-state index contributed by atoms with van der Waals surface area (Å²) >= 11 is 0. The first-order chi connectivity index (χ1) is 10.2. The lowest BCUT2D eigenvalue weighted by Crippen LogP contribution is -2.23. The van der Waals surface area contributed by atoms with Gasteiger partial charge in [-0.2, -0.15) is 18.3 Å². The molecule has 0 unspecified atom stereocenters. The summed E-state index contributed by atoms with van der Waals surface area (Å²) in [5.74, 6) is 0.430. The van der Waals surface area contributed by atoms with Gasteiger partial charge in [-0.05, 0) is 26.0 Å². The third-order valence-electron chi connectivity index (χ3n) is 3.23. The van der Waals surface area contributed by atoms with E-state index < -0.39 is 17.8 Å². The van der Waals surface area contributed by atoms with Crippen LogP contribution in [0.15, 0.2) is 24.3 Å². The SMILES string of the molecule is Cc1nn(C)c(NC(=O)Nc2ccccc2C(F)(F)F)c1C. The molecule has 22 heavy (non-hydrogen) atoms. The van der Waals surface area contributed by atoms with Gasteiger partial charge in [0.1, 0.15) is 5.82 Å². The maximum absolute atomic E-state index is 12.9. The van der Waals surface area contributed by atoms with Crippen LogP contribution < -0.4 is 10.6 Å². The zero-order chi connectivity index (χ0) is 16.5. The fourth-order valence-electron chi connectivity index (χ4n) is 2.04. The van der Waals surface area contributed by atoms with E-state index in [9.17, 15) is 18.0 Å². The fourth-order valence-corrected chi connectivity index (χ4v) is 2.04. The third-order valence-corrected chi connectivity index (χ3v) is 3.23. The summed E-state index contributed by atoms with van der Waals surface area (Å²) in [7, 11) is 1.64. The summed E-state index contributed by atoms with van der Waals surface area (Å²) in [5, 5.41) is 8.85. The van der Waals surface area contributed by atoms with Crippen LogP contribution in [-0.4, -0.2) is 15.8 Å². The Hall–Kier alpha value is -2.51. The molecular weight excluding hydrogens is 297 g/mol. The first kappa shape index (κ1) is 15.9. The third kappa shape index (κ3) is 3.21. The molecule has 5 nitrogen and oxygen atoms in total. The molecular formula is C14H15F3N4O. The van der Waals surface area contributed by atoms with E-state index in [1.807, 2.05) is 0 Å². The monoisotopic (exact) mass is 312 g/mol. The van der Waals surface area contributed by atoms with Gasteiger partial charge < -0.3 is 5.32 Å². The highest BCUT2D eigenvalue weighted by atomic mass is 19.4. The van der Waals surface area contributed by atoms with Crippen LogP contribution >= 0.6 is 0 Å². The van der Waals surface area contributed by atoms with Crippen molar-refractivity contribution in [1.29, 1.82) is 0 Å². The normalized spacial score (nSPS) is 11.4. The van der Waals surface area contributed by atoms with Crippen LogP contribution in [0.3, 0.4) is 0 Å². The largest absolute Gasteiger partial charge is 0.418 e. The van der Waals surface area contributed by atoms with E-state index in [1.54, 1.807) is 20.9 Å². The molecule has 2 amide bonds. The maximum Gasteiger partial charge on any atom is 0.418 e. The molecule has 0 bridgehead atoms. The number of para-hydroxylation sites is 1. The number of amides is 2. The van der Waals surface area contributed by atoms with Gasteiger partial charge in [-0.3, -0.25) is 10.00 Å². The number of benzene rings is 1. The summed E-state index contributed by atoms with van der Waals surface area (Å²) < 4.78 is 40.1. The summed E-state index contributed by atoms with van der Waals surface area (Å²) in [6, 6.07) is 4.03. The number of aryl methyl sites for hydroxylation is 2. The van der Waals surface area contributed by atoms with E-state index in [0.717, 1.165) is 17.3 Å². The standard InChI is InChI=1S/C14H15F3N4O/c1-8-9(2)20-21(3)12(8)19-13(22)18-11-7-5-4-6-10(11)14(15,16)17/h4-7H,1-3H3,(H2,18,19,22). The number of halogens is 3. The predicted molar refractivity (Wildman–Crippen MR) is 76.8 cm³/mol. The second kappa shape index (κ2) is 5.70. The van der Waals surface area contributed by atoms with Crippen LogP contribution in [0.25, 0.3) is 0 Å². The number of aromatic nitrogens is 2. The Kier molecular flexibility index (Phi) is 4.11. The zero-order valence-corrected chi connectivity index (χ0v) is 12.2. The van der Waals surface area contributed by atoms with Crippen molar-refractivity contribution in [3.63, 3.8) is 0 Å². The molecule has 0 aliphatic carbocycles. The molecule has 0 spiro atoms. The van der Waals surface area contributed by atoms with Crippen LogP contribution in [-0.2, 0) is 13.2 Å². The van der Waals surface area contributed by atoms with E-state index in [-0.39, 0.29) is 5.69 Å². The summed E-state index contributed by atoms with van der Waals surface area (Å²) in [5.41, 5.74) is 0.280. The minimum atomic E-state index is -4.54. The van der Waals surface area contributed by atoms with Crippen LogP contribution in [0.5, 0.6) is 0 Å². The number of carbonyl (C=O) groups is 1. The number of nitrogens with one attached hydrogen (secondary N) is 2.